The topological polar surface area (TPSA) is 93.6 Å². The summed E-state index contributed by atoms with van der Waals surface area (Å²) in [6.45, 7) is 4.70. The summed E-state index contributed by atoms with van der Waals surface area (Å²) in [6.07, 6.45) is 2.94. The van der Waals surface area contributed by atoms with Gasteiger partial charge >= 0.3 is 0 Å². The molecule has 0 unspecified atom stereocenters. The van der Waals surface area contributed by atoms with Gasteiger partial charge in [-0.25, -0.2) is 13.6 Å². The Kier molecular flexibility index (Phi) is 4.23. The molecular formula is C17H20N2O4S. The highest BCUT2D eigenvalue weighted by atomic mass is 32.2. The van der Waals surface area contributed by atoms with E-state index in [1.807, 2.05) is 13.8 Å². The number of nitrogens with two attached hydrogens (primary N) is 1. The van der Waals surface area contributed by atoms with Gasteiger partial charge in [0.2, 0.25) is 5.09 Å². The highest BCUT2D eigenvalue weighted by molar-refractivity contribution is 7.89. The van der Waals surface area contributed by atoms with E-state index in [0.29, 0.717) is 6.54 Å². The van der Waals surface area contributed by atoms with Gasteiger partial charge in [-0.05, 0) is 32.3 Å². The van der Waals surface area contributed by atoms with Crippen LogP contribution in [0.2, 0.25) is 0 Å². The molecule has 2 heterocycles. The molecule has 1 atom stereocenters. The van der Waals surface area contributed by atoms with E-state index in [1.54, 1.807) is 4.90 Å². The smallest absolute Gasteiger partial charge is 0.271 e. The molecule has 1 fully saturated rings. The lowest BCUT2D eigenvalue weighted by molar-refractivity contribution is 0.0735. The van der Waals surface area contributed by atoms with Gasteiger partial charge in [-0.3, -0.25) is 4.79 Å². The highest BCUT2D eigenvalue weighted by Gasteiger charge is 2.32. The molecule has 128 valence electrons. The molecule has 0 aliphatic carbocycles. The summed E-state index contributed by atoms with van der Waals surface area (Å²) in [7, 11) is -3.95. The van der Waals surface area contributed by atoms with Crippen molar-refractivity contribution >= 4 is 15.9 Å². The Labute approximate surface area is 141 Å². The first-order valence-electron chi connectivity index (χ1n) is 7.76. The lowest BCUT2D eigenvalue weighted by Gasteiger charge is -2.25. The maximum atomic E-state index is 12.8. The molecule has 0 radical (unpaired) electrons. The van der Waals surface area contributed by atoms with E-state index in [1.165, 1.54) is 6.07 Å². The van der Waals surface area contributed by atoms with Crippen molar-refractivity contribution in [2.24, 2.45) is 5.14 Å². The minimum Gasteiger partial charge on any atom is -0.451 e. The Morgan fingerprint density at radius 2 is 1.88 bits per heavy atom. The Balaban J connectivity index is 1.90. The second-order valence-electron chi connectivity index (χ2n) is 6.28. The molecule has 1 aromatic carbocycles. The van der Waals surface area contributed by atoms with Crippen LogP contribution < -0.4 is 5.14 Å². The molecule has 3 rings (SSSR count). The molecule has 1 amide bonds. The van der Waals surface area contributed by atoms with E-state index in [2.05, 4.69) is 18.2 Å². The zero-order valence-electron chi connectivity index (χ0n) is 13.7. The van der Waals surface area contributed by atoms with Crippen LogP contribution in [0.15, 0.2) is 40.0 Å². The predicted octanol–water partition coefficient (Wildman–Crippen LogP) is 2.52. The Morgan fingerprint density at radius 3 is 2.46 bits per heavy atom. The molecule has 1 saturated heterocycles. The number of nitrogens with zero attached hydrogens (tertiary/aromatic N) is 1. The van der Waals surface area contributed by atoms with Crippen molar-refractivity contribution in [3.63, 3.8) is 0 Å². The first kappa shape index (κ1) is 16.7. The van der Waals surface area contributed by atoms with Crippen molar-refractivity contribution in [1.82, 2.24) is 4.90 Å². The van der Waals surface area contributed by atoms with Gasteiger partial charge in [0, 0.05) is 12.6 Å². The van der Waals surface area contributed by atoms with Crippen LogP contribution in [0.4, 0.5) is 0 Å². The number of primary sulfonamides is 1. The highest BCUT2D eigenvalue weighted by Crippen LogP contribution is 2.34. The number of sulfonamides is 1. The summed E-state index contributed by atoms with van der Waals surface area (Å²) in [6, 6.07) is 7.46. The van der Waals surface area contributed by atoms with Gasteiger partial charge in [0.25, 0.3) is 15.9 Å². The van der Waals surface area contributed by atoms with Crippen molar-refractivity contribution < 1.29 is 17.6 Å². The molecule has 0 saturated carbocycles. The van der Waals surface area contributed by atoms with E-state index in [4.69, 9.17) is 9.56 Å². The van der Waals surface area contributed by atoms with Gasteiger partial charge in [-0.15, -0.1) is 0 Å². The van der Waals surface area contributed by atoms with Gasteiger partial charge in [0.1, 0.15) is 6.26 Å². The molecule has 6 nitrogen and oxygen atoms in total. The molecule has 0 spiro atoms. The first-order chi connectivity index (χ1) is 11.3. The SMILES string of the molecule is Cc1cc(C)cc([C@H]2CCCN2C(=O)c2coc(S(N)(=O)=O)c2)c1. The van der Waals surface area contributed by atoms with Crippen LogP contribution in [0, 0.1) is 13.8 Å². The van der Waals surface area contributed by atoms with Gasteiger partial charge in [0.15, 0.2) is 0 Å². The van der Waals surface area contributed by atoms with Gasteiger partial charge < -0.3 is 9.32 Å². The van der Waals surface area contributed by atoms with Crippen molar-refractivity contribution in [2.75, 3.05) is 6.54 Å². The summed E-state index contributed by atoms with van der Waals surface area (Å²) < 4.78 is 27.5. The second kappa shape index (κ2) is 6.07. The van der Waals surface area contributed by atoms with Gasteiger partial charge in [-0.2, -0.15) is 0 Å². The van der Waals surface area contributed by atoms with Crippen molar-refractivity contribution in [1.29, 1.82) is 0 Å². The lowest BCUT2D eigenvalue weighted by atomic mass is 9.99. The molecule has 2 N–H and O–H groups in total. The number of aryl methyl sites for hydroxylation is 2. The molecule has 7 heteroatoms. The average molecular weight is 348 g/mol. The molecule has 1 aromatic heterocycles. The van der Waals surface area contributed by atoms with E-state index >= 15 is 0 Å². The van der Waals surface area contributed by atoms with E-state index < -0.39 is 15.1 Å². The fourth-order valence-electron chi connectivity index (χ4n) is 3.30. The number of carbonyl (C=O) groups is 1. The quantitative estimate of drug-likeness (QED) is 0.922. The molecule has 1 aliphatic heterocycles. The maximum Gasteiger partial charge on any atom is 0.271 e. The van der Waals surface area contributed by atoms with Crippen molar-refractivity contribution in [3.8, 4) is 0 Å². The largest absolute Gasteiger partial charge is 0.451 e. The van der Waals surface area contributed by atoms with Crippen LogP contribution in [0.3, 0.4) is 0 Å². The molecule has 2 aromatic rings. The zero-order chi connectivity index (χ0) is 17.5. The minimum absolute atomic E-state index is 0.0102. The van der Waals surface area contributed by atoms with E-state index in [9.17, 15) is 13.2 Å². The van der Waals surface area contributed by atoms with Crippen LogP contribution in [-0.2, 0) is 10.0 Å². The number of hydrogen-bond acceptors (Lipinski definition) is 4. The number of furan rings is 1. The monoisotopic (exact) mass is 348 g/mol. The summed E-state index contributed by atoms with van der Waals surface area (Å²) >= 11 is 0. The van der Waals surface area contributed by atoms with Gasteiger partial charge in [-0.1, -0.05) is 29.3 Å². The molecule has 1 aliphatic rings. The fourth-order valence-corrected chi connectivity index (χ4v) is 3.78. The van der Waals surface area contributed by atoms with Crippen LogP contribution >= 0.6 is 0 Å². The summed E-state index contributed by atoms with van der Waals surface area (Å²) in [4.78, 5) is 14.5. The molecule has 24 heavy (non-hydrogen) atoms. The van der Waals surface area contributed by atoms with E-state index in [0.717, 1.165) is 35.8 Å². The number of benzene rings is 1. The van der Waals surface area contributed by atoms with Crippen LogP contribution in [-0.4, -0.2) is 25.8 Å². The van der Waals surface area contributed by atoms with Crippen LogP contribution in [0.1, 0.15) is 45.9 Å². The fraction of sp³-hybridized carbons (Fsp3) is 0.353. The summed E-state index contributed by atoms with van der Waals surface area (Å²) in [5.74, 6) is -0.240. The number of amides is 1. The Morgan fingerprint density at radius 1 is 1.21 bits per heavy atom. The zero-order valence-corrected chi connectivity index (χ0v) is 14.5. The summed E-state index contributed by atoms with van der Waals surface area (Å²) in [5.41, 5.74) is 3.62. The lowest BCUT2D eigenvalue weighted by Crippen LogP contribution is -2.30. The summed E-state index contributed by atoms with van der Waals surface area (Å²) in [5, 5.41) is 4.63. The van der Waals surface area contributed by atoms with Crippen molar-refractivity contribution in [3.05, 3.63) is 52.8 Å². The third kappa shape index (κ3) is 3.22. The second-order valence-corrected chi connectivity index (χ2v) is 7.77. The average Bonchev–Trinajstić information content (AvgIpc) is 3.14. The molecular weight excluding hydrogens is 328 g/mol. The Hall–Kier alpha value is -2.12. The van der Waals surface area contributed by atoms with Crippen LogP contribution in [0.25, 0.3) is 0 Å². The van der Waals surface area contributed by atoms with Crippen molar-refractivity contribution in [2.45, 2.75) is 37.8 Å². The number of likely N-dealkylation sites (tertiary alicyclic amines) is 1. The Bertz CT molecular complexity index is 865. The normalized spacial score (nSPS) is 18.1. The molecule has 0 bridgehead atoms. The number of carbonyl (C=O) groups excluding carboxylic acids is 1. The third-order valence-electron chi connectivity index (χ3n) is 4.25. The maximum absolute atomic E-state index is 12.8. The first-order valence-corrected chi connectivity index (χ1v) is 9.31. The van der Waals surface area contributed by atoms with E-state index in [-0.39, 0.29) is 17.5 Å². The standard InChI is InChI=1S/C17H20N2O4S/c1-11-6-12(2)8-13(7-11)15-4-3-5-19(15)17(20)14-9-16(23-10-14)24(18,21)22/h6-10,15H,3-5H2,1-2H3,(H2,18,21,22)/t15-/m1/s1. The van der Waals surface area contributed by atoms with Gasteiger partial charge in [0.05, 0.1) is 11.6 Å². The number of rotatable bonds is 3. The third-order valence-corrected chi connectivity index (χ3v) is 5.02. The minimum atomic E-state index is -3.95. The van der Waals surface area contributed by atoms with Crippen LogP contribution in [0.5, 0.6) is 0 Å². The number of hydrogen-bond donors (Lipinski definition) is 1. The predicted molar refractivity (Wildman–Crippen MR) is 89.0 cm³/mol.